The first-order valence-electron chi connectivity index (χ1n) is 14.6. The number of hydrogen-bond acceptors (Lipinski definition) is 6. The van der Waals surface area contributed by atoms with Gasteiger partial charge in [-0.1, -0.05) is 60.7 Å². The lowest BCUT2D eigenvalue weighted by Crippen LogP contribution is -2.47. The highest BCUT2D eigenvalue weighted by Crippen LogP contribution is 2.39. The summed E-state index contributed by atoms with van der Waals surface area (Å²) in [6.45, 7) is 6.47. The molecule has 2 unspecified atom stereocenters. The van der Waals surface area contributed by atoms with Crippen molar-refractivity contribution in [2.45, 2.75) is 24.9 Å². The number of nitrogens with zero attached hydrogens (tertiary/aromatic N) is 6. The topological polar surface area (TPSA) is 38.7 Å². The molecule has 0 amide bonds. The van der Waals surface area contributed by atoms with Gasteiger partial charge in [0.25, 0.3) is 0 Å². The predicted molar refractivity (Wildman–Crippen MR) is 162 cm³/mol. The Kier molecular flexibility index (Phi) is 6.74. The quantitative estimate of drug-likeness (QED) is 0.320. The molecule has 2 fully saturated rings. The van der Waals surface area contributed by atoms with E-state index >= 15 is 0 Å². The zero-order valence-corrected chi connectivity index (χ0v) is 23.6. The lowest BCUT2D eigenvalue weighted by atomic mass is 9.96. The fourth-order valence-corrected chi connectivity index (χ4v) is 6.98. The maximum absolute atomic E-state index is 4.68. The number of fused-ring (bicyclic) bond motifs is 10. The van der Waals surface area contributed by atoms with Gasteiger partial charge in [0.05, 0.1) is 12.1 Å². The van der Waals surface area contributed by atoms with E-state index in [-0.39, 0.29) is 0 Å². The summed E-state index contributed by atoms with van der Waals surface area (Å²) in [7, 11) is 4.42. The smallest absolute Gasteiger partial charge is 0.132 e. The summed E-state index contributed by atoms with van der Waals surface area (Å²) in [5.41, 5.74) is 8.54. The van der Waals surface area contributed by atoms with Crippen LogP contribution in [0.25, 0.3) is 0 Å². The van der Waals surface area contributed by atoms with E-state index in [0.29, 0.717) is 12.1 Å². The minimum Gasteiger partial charge on any atom is -0.347 e. The second kappa shape index (κ2) is 10.7. The van der Waals surface area contributed by atoms with Crippen molar-refractivity contribution in [2.24, 2.45) is 0 Å². The average molecular weight is 531 g/mol. The second-order valence-electron chi connectivity index (χ2n) is 11.7. The van der Waals surface area contributed by atoms with Crippen molar-refractivity contribution in [1.29, 1.82) is 0 Å². The number of rotatable bonds is 0. The third-order valence-electron chi connectivity index (χ3n) is 9.04. The van der Waals surface area contributed by atoms with Crippen LogP contribution < -0.4 is 9.80 Å². The standard InChI is InChI=1S/2C17H19N3/c2*1-19-9-10-20-16(12-19)15-7-3-2-5-13(15)11-14-6-4-8-18-17(14)20/h2*2-8,16H,9-12H2,1H3. The molecule has 2 atom stereocenters. The summed E-state index contributed by atoms with van der Waals surface area (Å²) >= 11 is 0. The Morgan fingerprint density at radius 3 is 1.43 bits per heavy atom. The van der Waals surface area contributed by atoms with Crippen LogP contribution in [0.3, 0.4) is 0 Å². The summed E-state index contributed by atoms with van der Waals surface area (Å²) in [6, 6.07) is 27.2. The summed E-state index contributed by atoms with van der Waals surface area (Å²) in [4.78, 5) is 19.2. The predicted octanol–water partition coefficient (Wildman–Crippen LogP) is 4.96. The molecule has 2 aromatic heterocycles. The second-order valence-corrected chi connectivity index (χ2v) is 11.7. The van der Waals surface area contributed by atoms with E-state index in [9.17, 15) is 0 Å². The zero-order valence-electron chi connectivity index (χ0n) is 23.6. The highest BCUT2D eigenvalue weighted by Gasteiger charge is 2.34. The molecular formula is C34H38N6. The fraction of sp³-hybridized carbons (Fsp3) is 0.353. The van der Waals surface area contributed by atoms with E-state index < -0.39 is 0 Å². The molecule has 6 heteroatoms. The first-order chi connectivity index (χ1) is 19.7. The normalized spacial score (nSPS) is 21.6. The van der Waals surface area contributed by atoms with Crippen molar-refractivity contribution < 1.29 is 0 Å². The van der Waals surface area contributed by atoms with E-state index in [4.69, 9.17) is 0 Å². The van der Waals surface area contributed by atoms with Gasteiger partial charge in [0.2, 0.25) is 0 Å². The molecule has 6 heterocycles. The van der Waals surface area contributed by atoms with Gasteiger partial charge in [-0.3, -0.25) is 0 Å². The van der Waals surface area contributed by atoms with E-state index in [1.807, 2.05) is 12.4 Å². The van der Waals surface area contributed by atoms with Crippen LogP contribution in [0.15, 0.2) is 85.2 Å². The van der Waals surface area contributed by atoms with Gasteiger partial charge in [-0.15, -0.1) is 0 Å². The van der Waals surface area contributed by atoms with Crippen LogP contribution in [-0.2, 0) is 12.8 Å². The molecule has 4 aliphatic rings. The van der Waals surface area contributed by atoms with E-state index in [0.717, 1.165) is 52.1 Å². The molecule has 204 valence electrons. The lowest BCUT2D eigenvalue weighted by molar-refractivity contribution is 0.268. The molecule has 4 aliphatic heterocycles. The molecule has 2 saturated heterocycles. The van der Waals surface area contributed by atoms with Crippen molar-refractivity contribution in [2.75, 3.05) is 63.2 Å². The number of aromatic nitrogens is 2. The Balaban J connectivity index is 0.000000132. The number of hydrogen-bond donors (Lipinski definition) is 0. The van der Waals surface area contributed by atoms with Crippen LogP contribution in [0.4, 0.5) is 11.6 Å². The van der Waals surface area contributed by atoms with Gasteiger partial charge < -0.3 is 19.6 Å². The monoisotopic (exact) mass is 530 g/mol. The van der Waals surface area contributed by atoms with Crippen LogP contribution in [-0.4, -0.2) is 73.1 Å². The van der Waals surface area contributed by atoms with Crippen molar-refractivity contribution in [3.63, 3.8) is 0 Å². The maximum atomic E-state index is 4.68. The lowest BCUT2D eigenvalue weighted by Gasteiger charge is -2.41. The van der Waals surface area contributed by atoms with E-state index in [1.54, 1.807) is 0 Å². The Morgan fingerprint density at radius 2 is 0.950 bits per heavy atom. The maximum Gasteiger partial charge on any atom is 0.132 e. The molecule has 4 aromatic rings. The Hall–Kier alpha value is -3.74. The Bertz CT molecular complexity index is 1390. The first-order valence-corrected chi connectivity index (χ1v) is 14.6. The third kappa shape index (κ3) is 4.65. The van der Waals surface area contributed by atoms with Crippen LogP contribution in [0, 0.1) is 0 Å². The number of piperazine rings is 2. The third-order valence-corrected chi connectivity index (χ3v) is 9.04. The molecule has 0 bridgehead atoms. The Labute approximate surface area is 237 Å². The highest BCUT2D eigenvalue weighted by atomic mass is 15.3. The molecule has 0 saturated carbocycles. The summed E-state index contributed by atoms with van der Waals surface area (Å²) in [5.74, 6) is 2.36. The van der Waals surface area contributed by atoms with Crippen LogP contribution in [0.1, 0.15) is 45.5 Å². The summed E-state index contributed by atoms with van der Waals surface area (Å²) in [5, 5.41) is 0. The molecule has 2 aromatic carbocycles. The van der Waals surface area contributed by atoms with E-state index in [2.05, 4.69) is 116 Å². The van der Waals surface area contributed by atoms with E-state index in [1.165, 1.54) is 45.0 Å². The number of pyridine rings is 2. The molecule has 0 aliphatic carbocycles. The number of likely N-dealkylation sites (N-methyl/N-ethyl adjacent to an activating group) is 2. The number of benzene rings is 2. The molecule has 8 rings (SSSR count). The Morgan fingerprint density at radius 1 is 0.525 bits per heavy atom. The minimum absolute atomic E-state index is 0.432. The van der Waals surface area contributed by atoms with Gasteiger partial charge in [0, 0.05) is 64.5 Å². The highest BCUT2D eigenvalue weighted by molar-refractivity contribution is 5.57. The molecule has 40 heavy (non-hydrogen) atoms. The molecule has 0 N–H and O–H groups in total. The van der Waals surface area contributed by atoms with Crippen LogP contribution >= 0.6 is 0 Å². The fourth-order valence-electron chi connectivity index (χ4n) is 6.98. The first kappa shape index (κ1) is 25.2. The van der Waals surface area contributed by atoms with Gasteiger partial charge in [-0.2, -0.15) is 0 Å². The van der Waals surface area contributed by atoms with Crippen molar-refractivity contribution >= 4 is 11.6 Å². The minimum atomic E-state index is 0.432. The number of anilines is 2. The van der Waals surface area contributed by atoms with Gasteiger partial charge >= 0.3 is 0 Å². The summed E-state index contributed by atoms with van der Waals surface area (Å²) in [6.07, 6.45) is 5.83. The molecule has 0 radical (unpaired) electrons. The van der Waals surface area contributed by atoms with Crippen molar-refractivity contribution in [1.82, 2.24) is 19.8 Å². The van der Waals surface area contributed by atoms with Gasteiger partial charge in [-0.05, 0) is 59.6 Å². The molecule has 0 spiro atoms. The van der Waals surface area contributed by atoms with Gasteiger partial charge in [0.1, 0.15) is 11.6 Å². The molecular weight excluding hydrogens is 492 g/mol. The van der Waals surface area contributed by atoms with Crippen LogP contribution in [0.5, 0.6) is 0 Å². The average Bonchev–Trinajstić information content (AvgIpc) is 3.21. The van der Waals surface area contributed by atoms with Crippen molar-refractivity contribution in [3.05, 3.63) is 119 Å². The zero-order chi connectivity index (χ0) is 27.1. The SMILES string of the molecule is CN1CCN2c3ncccc3Cc3ccccc3C2C1.CN1CCN2c3ncccc3Cc3ccccc3C2C1. The molecule has 6 nitrogen and oxygen atoms in total. The van der Waals surface area contributed by atoms with Gasteiger partial charge in [0.15, 0.2) is 0 Å². The van der Waals surface area contributed by atoms with Crippen LogP contribution in [0.2, 0.25) is 0 Å². The summed E-state index contributed by atoms with van der Waals surface area (Å²) < 4.78 is 0. The van der Waals surface area contributed by atoms with Gasteiger partial charge in [-0.25, -0.2) is 9.97 Å². The largest absolute Gasteiger partial charge is 0.347 e. The van der Waals surface area contributed by atoms with Crippen molar-refractivity contribution in [3.8, 4) is 0 Å².